The predicted octanol–water partition coefficient (Wildman–Crippen LogP) is 3.11. The lowest BCUT2D eigenvalue weighted by Crippen LogP contribution is -2.13. The summed E-state index contributed by atoms with van der Waals surface area (Å²) in [4.78, 5) is 11.7. The van der Waals surface area contributed by atoms with Gasteiger partial charge in [0.05, 0.1) is 17.7 Å². The first-order chi connectivity index (χ1) is 10.3. The van der Waals surface area contributed by atoms with Crippen LogP contribution in [0, 0.1) is 12.7 Å². The van der Waals surface area contributed by atoms with Crippen molar-refractivity contribution in [1.82, 2.24) is 15.4 Å². The largest absolute Gasteiger partial charge is 0.461 e. The molecule has 2 aromatic rings. The van der Waals surface area contributed by atoms with Gasteiger partial charge in [0.2, 0.25) is 0 Å². The van der Waals surface area contributed by atoms with Gasteiger partial charge in [-0.05, 0) is 25.5 Å². The Morgan fingerprint density at radius 1 is 1.32 bits per heavy atom. The van der Waals surface area contributed by atoms with Gasteiger partial charge in [0, 0.05) is 0 Å². The number of carbonyl (C=O) groups excluding carboxylic acids is 1. The fraction of sp³-hybridized carbons (Fsp3) is 0.308. The van der Waals surface area contributed by atoms with Crippen molar-refractivity contribution >= 4 is 5.97 Å². The molecule has 0 saturated heterocycles. The van der Waals surface area contributed by atoms with Gasteiger partial charge in [0.15, 0.2) is 5.69 Å². The third-order valence-electron chi connectivity index (χ3n) is 2.90. The average molecular weight is 317 g/mol. The van der Waals surface area contributed by atoms with Crippen molar-refractivity contribution < 1.29 is 27.1 Å². The van der Waals surface area contributed by atoms with E-state index in [-0.39, 0.29) is 12.2 Å². The molecule has 1 N–H and O–H groups in total. The first-order valence-corrected chi connectivity index (χ1v) is 6.22. The van der Waals surface area contributed by atoms with E-state index in [1.165, 1.54) is 13.8 Å². The standard InChI is InChI=1S/C13H11F4N3O2/c1-3-22-12(21)11-10(18-20-19-11)8-7(14)5-4-6(2)9(8)13(15,16)17/h4-5H,3H2,1-2H3,(H,18,19,20). The topological polar surface area (TPSA) is 67.9 Å². The number of alkyl halides is 3. The minimum Gasteiger partial charge on any atom is -0.461 e. The first-order valence-electron chi connectivity index (χ1n) is 6.22. The number of esters is 1. The molecule has 22 heavy (non-hydrogen) atoms. The van der Waals surface area contributed by atoms with Crippen LogP contribution < -0.4 is 0 Å². The van der Waals surface area contributed by atoms with E-state index in [0.717, 1.165) is 12.1 Å². The molecule has 0 atom stereocenters. The number of aryl methyl sites for hydroxylation is 1. The molecule has 0 spiro atoms. The van der Waals surface area contributed by atoms with Gasteiger partial charge in [-0.2, -0.15) is 23.5 Å². The van der Waals surface area contributed by atoms with Crippen LogP contribution in [0.1, 0.15) is 28.5 Å². The lowest BCUT2D eigenvalue weighted by Gasteiger charge is -2.15. The molecule has 118 valence electrons. The highest BCUT2D eigenvalue weighted by Crippen LogP contribution is 2.40. The Hall–Kier alpha value is -2.45. The van der Waals surface area contributed by atoms with Gasteiger partial charge in [-0.3, -0.25) is 0 Å². The molecule has 1 aromatic heterocycles. The second-order valence-electron chi connectivity index (χ2n) is 4.35. The van der Waals surface area contributed by atoms with E-state index in [4.69, 9.17) is 0 Å². The molecule has 5 nitrogen and oxygen atoms in total. The summed E-state index contributed by atoms with van der Waals surface area (Å²) in [5.41, 5.74) is -3.26. The zero-order valence-corrected chi connectivity index (χ0v) is 11.6. The molecule has 0 fully saturated rings. The molecule has 0 amide bonds. The number of hydrogen-bond acceptors (Lipinski definition) is 4. The van der Waals surface area contributed by atoms with Gasteiger partial charge in [-0.15, -0.1) is 5.10 Å². The summed E-state index contributed by atoms with van der Waals surface area (Å²) in [6.07, 6.45) is -4.81. The van der Waals surface area contributed by atoms with Gasteiger partial charge in [-0.25, -0.2) is 9.18 Å². The summed E-state index contributed by atoms with van der Waals surface area (Å²) >= 11 is 0. The number of hydrogen-bond donors (Lipinski definition) is 1. The van der Waals surface area contributed by atoms with Crippen molar-refractivity contribution in [3.05, 3.63) is 34.8 Å². The SMILES string of the molecule is CCOC(=O)c1n[nH]nc1-c1c(F)ccc(C)c1C(F)(F)F. The Labute approximate surface area is 122 Å². The monoisotopic (exact) mass is 317 g/mol. The molecular formula is C13H11F4N3O2. The Morgan fingerprint density at radius 2 is 2.00 bits per heavy atom. The maximum atomic E-state index is 14.0. The number of H-pyrrole nitrogens is 1. The number of rotatable bonds is 3. The zero-order chi connectivity index (χ0) is 16.5. The van der Waals surface area contributed by atoms with Gasteiger partial charge < -0.3 is 4.74 Å². The minimum absolute atomic E-state index is 0.00639. The van der Waals surface area contributed by atoms with Gasteiger partial charge in [0.1, 0.15) is 11.5 Å². The molecule has 1 aromatic carbocycles. The van der Waals surface area contributed by atoms with Crippen molar-refractivity contribution in [1.29, 1.82) is 0 Å². The fourth-order valence-electron chi connectivity index (χ4n) is 2.03. The number of ether oxygens (including phenoxy) is 1. The number of benzene rings is 1. The minimum atomic E-state index is -4.81. The number of carbonyl (C=O) groups is 1. The van der Waals surface area contributed by atoms with E-state index in [9.17, 15) is 22.4 Å². The Balaban J connectivity index is 2.72. The van der Waals surface area contributed by atoms with Crippen LogP contribution in [0.2, 0.25) is 0 Å². The maximum absolute atomic E-state index is 14.0. The Morgan fingerprint density at radius 3 is 2.59 bits per heavy atom. The molecule has 0 aliphatic rings. The second-order valence-corrected chi connectivity index (χ2v) is 4.35. The number of nitrogens with zero attached hydrogens (tertiary/aromatic N) is 2. The van der Waals surface area contributed by atoms with Crippen LogP contribution in [0.3, 0.4) is 0 Å². The number of aromatic nitrogens is 3. The van der Waals surface area contributed by atoms with E-state index in [1.54, 1.807) is 0 Å². The van der Waals surface area contributed by atoms with Crippen LogP contribution in [0.25, 0.3) is 11.3 Å². The molecule has 0 radical (unpaired) electrons. The van der Waals surface area contributed by atoms with Crippen LogP contribution in [-0.4, -0.2) is 28.0 Å². The van der Waals surface area contributed by atoms with E-state index in [2.05, 4.69) is 14.9 Å². The molecule has 0 aliphatic heterocycles. The third-order valence-corrected chi connectivity index (χ3v) is 2.90. The van der Waals surface area contributed by atoms with Crippen molar-refractivity contribution in [2.45, 2.75) is 20.0 Å². The van der Waals surface area contributed by atoms with Crippen LogP contribution in [0.15, 0.2) is 12.1 Å². The lowest BCUT2D eigenvalue weighted by molar-refractivity contribution is -0.137. The van der Waals surface area contributed by atoms with Crippen LogP contribution in [0.5, 0.6) is 0 Å². The highest BCUT2D eigenvalue weighted by atomic mass is 19.4. The smallest absolute Gasteiger partial charge is 0.417 e. The van der Waals surface area contributed by atoms with Crippen molar-refractivity contribution in [2.75, 3.05) is 6.61 Å². The van der Waals surface area contributed by atoms with Gasteiger partial charge in [0.25, 0.3) is 0 Å². The Kier molecular flexibility index (Phi) is 4.16. The van der Waals surface area contributed by atoms with Gasteiger partial charge in [-0.1, -0.05) is 6.07 Å². The van der Waals surface area contributed by atoms with Crippen molar-refractivity contribution in [2.24, 2.45) is 0 Å². The third kappa shape index (κ3) is 2.78. The summed E-state index contributed by atoms with van der Waals surface area (Å²) in [5, 5.41) is 8.98. The van der Waals surface area contributed by atoms with E-state index >= 15 is 0 Å². The number of nitrogens with one attached hydrogen (secondary N) is 1. The van der Waals surface area contributed by atoms with E-state index in [0.29, 0.717) is 0 Å². The fourth-order valence-corrected chi connectivity index (χ4v) is 2.03. The predicted molar refractivity (Wildman–Crippen MR) is 67.5 cm³/mol. The molecule has 9 heteroatoms. The summed E-state index contributed by atoms with van der Waals surface area (Å²) in [7, 11) is 0. The van der Waals surface area contributed by atoms with E-state index < -0.39 is 40.5 Å². The van der Waals surface area contributed by atoms with Gasteiger partial charge >= 0.3 is 12.1 Å². The lowest BCUT2D eigenvalue weighted by atomic mass is 9.97. The van der Waals surface area contributed by atoms with Crippen LogP contribution in [-0.2, 0) is 10.9 Å². The Bertz CT molecular complexity index is 710. The quantitative estimate of drug-likeness (QED) is 0.697. The summed E-state index contributed by atoms with van der Waals surface area (Å²) in [6.45, 7) is 2.70. The van der Waals surface area contributed by atoms with Crippen molar-refractivity contribution in [3.8, 4) is 11.3 Å². The van der Waals surface area contributed by atoms with Crippen LogP contribution >= 0.6 is 0 Å². The normalized spacial score (nSPS) is 11.5. The summed E-state index contributed by atoms with van der Waals surface area (Å²) in [5.74, 6) is -2.14. The van der Waals surface area contributed by atoms with Crippen LogP contribution in [0.4, 0.5) is 17.6 Å². The molecule has 0 aliphatic carbocycles. The second kappa shape index (κ2) is 5.74. The number of halogens is 4. The summed E-state index contributed by atoms with van der Waals surface area (Å²) < 4.78 is 58.4. The molecule has 0 saturated carbocycles. The average Bonchev–Trinajstić information content (AvgIpc) is 2.89. The maximum Gasteiger partial charge on any atom is 0.417 e. The zero-order valence-electron chi connectivity index (χ0n) is 11.6. The first kappa shape index (κ1) is 15.9. The molecular weight excluding hydrogens is 306 g/mol. The highest BCUT2D eigenvalue weighted by Gasteiger charge is 2.39. The highest BCUT2D eigenvalue weighted by molar-refractivity contribution is 5.94. The molecule has 1 heterocycles. The molecule has 0 bridgehead atoms. The van der Waals surface area contributed by atoms with Crippen molar-refractivity contribution in [3.63, 3.8) is 0 Å². The molecule has 0 unspecified atom stereocenters. The number of aromatic amines is 1. The molecule has 2 rings (SSSR count). The van der Waals surface area contributed by atoms with E-state index in [1.807, 2.05) is 5.21 Å². The summed E-state index contributed by atoms with van der Waals surface area (Å²) in [6, 6.07) is 1.88.